The van der Waals surface area contributed by atoms with Gasteiger partial charge in [0.1, 0.15) is 6.04 Å². The molecule has 1 amide bonds. The van der Waals surface area contributed by atoms with Crippen LogP contribution in [0.4, 0.5) is 11.6 Å². The van der Waals surface area contributed by atoms with E-state index in [1.807, 2.05) is 0 Å². The number of H-pyrrole nitrogens is 1. The van der Waals surface area contributed by atoms with Crippen molar-refractivity contribution in [2.24, 2.45) is 0 Å². The maximum absolute atomic E-state index is 12.3. The largest absolute Gasteiger partial charge is 0.481 e. The maximum atomic E-state index is 12.3. The average molecular weight is 744 g/mol. The number of fused-ring (bicyclic) bond motifs is 1. The summed E-state index contributed by atoms with van der Waals surface area (Å²) in [6.07, 6.45) is 0.840. The number of benzene rings is 1. The Hall–Kier alpha value is -3.12. The van der Waals surface area contributed by atoms with Gasteiger partial charge in [0.15, 0.2) is 11.2 Å². The summed E-state index contributed by atoms with van der Waals surface area (Å²) in [5, 5.41) is 23.2. The van der Waals surface area contributed by atoms with E-state index in [1.54, 1.807) is 12.1 Å². The predicted molar refractivity (Wildman–Crippen MR) is 112 cm³/mol. The molecule has 1 aromatic carbocycles. The molecule has 0 aliphatic rings. The number of rotatable bonds is 9. The van der Waals surface area contributed by atoms with E-state index in [2.05, 4.69) is 30.6 Å². The van der Waals surface area contributed by atoms with Crippen molar-refractivity contribution in [1.29, 1.82) is 0 Å². The number of aliphatic carboxylic acids is 2. The molecule has 0 aliphatic carbocycles. The van der Waals surface area contributed by atoms with Gasteiger partial charge in [-0.05, 0) is 30.7 Å². The Morgan fingerprint density at radius 1 is 1.12 bits per heavy atom. The van der Waals surface area contributed by atoms with E-state index in [-0.39, 0.29) is 85.5 Å². The van der Waals surface area contributed by atoms with Crippen LogP contribution in [-0.2, 0) is 59.6 Å². The Kier molecular flexibility index (Phi) is 11.0. The van der Waals surface area contributed by atoms with Crippen molar-refractivity contribution >= 4 is 40.6 Å². The van der Waals surface area contributed by atoms with Crippen LogP contribution in [0.5, 0.6) is 0 Å². The monoisotopic (exact) mass is 743 g/mol. The fraction of sp³-hybridized carbons (Fsp3) is 0.211. The molecule has 0 saturated carbocycles. The SMILES string of the molecule is Nc1nc2ncc(CNc3ccc(C(=O)N[C@@H](CCC(=O)O)C(=O)O)cc3)nc2c(=O)[nH]1.[Ag].[Pt]. The molecular formula is C19H19AgN7O6Pt. The number of nitrogens with two attached hydrogens (primary N) is 1. The summed E-state index contributed by atoms with van der Waals surface area (Å²) in [6.45, 7) is 0.231. The van der Waals surface area contributed by atoms with Crippen LogP contribution in [0.2, 0.25) is 0 Å². The Morgan fingerprint density at radius 2 is 1.79 bits per heavy atom. The zero-order valence-electron chi connectivity index (χ0n) is 17.1. The minimum absolute atomic E-state index is 0. The molecule has 0 spiro atoms. The number of nitrogens with one attached hydrogen (secondary N) is 3. The first-order valence-electron chi connectivity index (χ1n) is 9.33. The Balaban J connectivity index is 0.00000289. The topological polar surface area (TPSA) is 213 Å². The fourth-order valence-electron chi connectivity index (χ4n) is 2.75. The van der Waals surface area contributed by atoms with Gasteiger partial charge in [0, 0.05) is 61.1 Å². The second-order valence-corrected chi connectivity index (χ2v) is 6.71. The van der Waals surface area contributed by atoms with Crippen LogP contribution in [0.3, 0.4) is 0 Å². The minimum atomic E-state index is -1.31. The number of carbonyl (C=O) groups is 3. The number of amides is 1. The van der Waals surface area contributed by atoms with Gasteiger partial charge in [-0.25, -0.2) is 14.8 Å². The van der Waals surface area contributed by atoms with Crippen molar-refractivity contribution in [1.82, 2.24) is 25.3 Å². The third kappa shape index (κ3) is 7.73. The van der Waals surface area contributed by atoms with Gasteiger partial charge in [-0.3, -0.25) is 19.4 Å². The fourth-order valence-corrected chi connectivity index (χ4v) is 2.75. The molecule has 0 bridgehead atoms. The Morgan fingerprint density at radius 3 is 2.41 bits per heavy atom. The first kappa shape index (κ1) is 28.9. The molecule has 187 valence electrons. The van der Waals surface area contributed by atoms with Gasteiger partial charge in [-0.1, -0.05) is 0 Å². The van der Waals surface area contributed by atoms with Crippen molar-refractivity contribution in [3.05, 3.63) is 52.1 Å². The molecule has 13 nitrogen and oxygen atoms in total. The van der Waals surface area contributed by atoms with Crippen LogP contribution in [0.25, 0.3) is 11.2 Å². The van der Waals surface area contributed by atoms with Gasteiger partial charge in [-0.15, -0.1) is 0 Å². The summed E-state index contributed by atoms with van der Waals surface area (Å²) in [4.78, 5) is 60.6. The Bertz CT molecular complexity index is 1240. The van der Waals surface area contributed by atoms with Gasteiger partial charge < -0.3 is 26.6 Å². The number of nitrogen functional groups attached to an aromatic ring is 1. The molecule has 7 N–H and O–H groups in total. The van der Waals surface area contributed by atoms with Crippen molar-refractivity contribution in [3.63, 3.8) is 0 Å². The predicted octanol–water partition coefficient (Wildman–Crippen LogP) is -0.0498. The quantitative estimate of drug-likeness (QED) is 0.160. The zero-order valence-corrected chi connectivity index (χ0v) is 20.9. The van der Waals surface area contributed by atoms with Crippen molar-refractivity contribution in [2.45, 2.75) is 25.4 Å². The van der Waals surface area contributed by atoms with Crippen LogP contribution in [0.1, 0.15) is 28.9 Å². The summed E-state index contributed by atoms with van der Waals surface area (Å²) in [7, 11) is 0. The van der Waals surface area contributed by atoms with Gasteiger partial charge >= 0.3 is 11.9 Å². The summed E-state index contributed by atoms with van der Waals surface area (Å²) >= 11 is 0. The normalized spacial score (nSPS) is 10.9. The molecule has 0 saturated heterocycles. The number of aromatic amines is 1. The van der Waals surface area contributed by atoms with Crippen LogP contribution in [0.15, 0.2) is 35.3 Å². The van der Waals surface area contributed by atoms with Gasteiger partial charge in [0.2, 0.25) is 5.95 Å². The first-order chi connectivity index (χ1) is 15.2. The summed E-state index contributed by atoms with van der Waals surface area (Å²) < 4.78 is 0. The van der Waals surface area contributed by atoms with E-state index in [4.69, 9.17) is 15.9 Å². The van der Waals surface area contributed by atoms with E-state index in [0.29, 0.717) is 11.4 Å². The van der Waals surface area contributed by atoms with Crippen LogP contribution in [-0.4, -0.2) is 54.0 Å². The maximum Gasteiger partial charge on any atom is 0.326 e. The molecule has 1 atom stereocenters. The second-order valence-electron chi connectivity index (χ2n) is 6.71. The summed E-state index contributed by atoms with van der Waals surface area (Å²) in [5.74, 6) is -3.16. The number of anilines is 2. The molecule has 0 fully saturated rings. The van der Waals surface area contributed by atoms with Gasteiger partial charge in [0.05, 0.1) is 18.4 Å². The van der Waals surface area contributed by atoms with Crippen molar-refractivity contribution in [3.8, 4) is 0 Å². The third-order valence-electron chi connectivity index (χ3n) is 4.36. The number of hydrogen-bond acceptors (Lipinski definition) is 9. The molecule has 3 aromatic rings. The zero-order chi connectivity index (χ0) is 23.3. The molecule has 3 rings (SSSR count). The third-order valence-corrected chi connectivity index (χ3v) is 4.36. The number of carbonyl (C=O) groups excluding carboxylic acids is 1. The molecule has 1 radical (unpaired) electrons. The molecule has 2 heterocycles. The van der Waals surface area contributed by atoms with E-state index in [1.165, 1.54) is 18.3 Å². The standard InChI is InChI=1S/C19H19N7O6.Ag.Pt/c20-19-25-15-14(17(30)26-19)23-11(8-22-15)7-21-10-3-1-9(2-4-10)16(29)24-12(18(31)32)5-6-13(27)28;;/h1-4,8,12,21H,5-7H2,(H,24,29)(H,27,28)(H,31,32)(H3,20,22,25,26,30);;/t12-;;/m0../s1. The van der Waals surface area contributed by atoms with Crippen molar-refractivity contribution < 1.29 is 68.0 Å². The minimum Gasteiger partial charge on any atom is -0.481 e. The second kappa shape index (κ2) is 12.9. The Labute approximate surface area is 221 Å². The number of hydrogen-bond donors (Lipinski definition) is 6. The van der Waals surface area contributed by atoms with E-state index >= 15 is 0 Å². The number of carboxylic acids is 2. The van der Waals surface area contributed by atoms with Gasteiger partial charge in [-0.2, -0.15) is 4.98 Å². The molecule has 15 heteroatoms. The van der Waals surface area contributed by atoms with Crippen molar-refractivity contribution in [2.75, 3.05) is 11.1 Å². The molecule has 34 heavy (non-hydrogen) atoms. The van der Waals surface area contributed by atoms with Crippen LogP contribution >= 0.6 is 0 Å². The molecule has 2 aromatic heterocycles. The van der Waals surface area contributed by atoms with E-state index < -0.39 is 29.4 Å². The average Bonchev–Trinajstić information content (AvgIpc) is 2.75. The molecule has 0 aliphatic heterocycles. The smallest absolute Gasteiger partial charge is 0.326 e. The van der Waals surface area contributed by atoms with E-state index in [0.717, 1.165) is 0 Å². The van der Waals surface area contributed by atoms with E-state index in [9.17, 15) is 19.2 Å². The van der Waals surface area contributed by atoms with Crippen LogP contribution in [0, 0.1) is 0 Å². The number of nitrogens with zero attached hydrogens (tertiary/aromatic N) is 3. The summed E-state index contributed by atoms with van der Waals surface area (Å²) in [5.41, 5.74) is 6.47. The van der Waals surface area contributed by atoms with Crippen LogP contribution < -0.4 is 21.9 Å². The van der Waals surface area contributed by atoms with Gasteiger partial charge in [0.25, 0.3) is 11.5 Å². The summed E-state index contributed by atoms with van der Waals surface area (Å²) in [6, 6.07) is 4.86. The number of carboxylic acid groups (broad SMARTS) is 2. The first-order valence-corrected chi connectivity index (χ1v) is 9.33. The molecule has 0 unspecified atom stereocenters. The number of aromatic nitrogens is 4. The molecular weight excluding hydrogens is 725 g/mol.